The normalized spacial score (nSPS) is 9.27. The first-order chi connectivity index (χ1) is 7.33. The number of carbonyl (C=O) groups is 1. The monoisotopic (exact) mass is 219 g/mol. The van der Waals surface area contributed by atoms with E-state index in [1.807, 2.05) is 30.3 Å². The van der Waals surface area contributed by atoms with E-state index in [0.717, 1.165) is 4.90 Å². The zero-order valence-corrected chi connectivity index (χ0v) is 9.22. The van der Waals surface area contributed by atoms with Gasteiger partial charge in [0.2, 0.25) is 5.91 Å². The van der Waals surface area contributed by atoms with Crippen LogP contribution in [0.2, 0.25) is 0 Å². The molecule has 0 fully saturated rings. The molecule has 1 amide bonds. The minimum atomic E-state index is 0.0269. The standard InChI is InChI=1S/C12H13NOS/c1-2-3-9-13-12(14)10-15-11-7-5-4-6-8-11/h1,4-8H,3,9-10H2,(H,13,14). The molecule has 3 heteroatoms. The second-order valence-electron chi connectivity index (χ2n) is 2.91. The SMILES string of the molecule is C#CCCNC(=O)CSc1ccccc1. The van der Waals surface area contributed by atoms with Crippen LogP contribution in [0.4, 0.5) is 0 Å². The van der Waals surface area contributed by atoms with Crippen LogP contribution in [0.1, 0.15) is 6.42 Å². The van der Waals surface area contributed by atoms with Crippen molar-refractivity contribution in [2.24, 2.45) is 0 Å². The van der Waals surface area contributed by atoms with E-state index in [-0.39, 0.29) is 5.91 Å². The first-order valence-electron chi connectivity index (χ1n) is 4.71. The Hall–Kier alpha value is -1.40. The molecule has 0 bridgehead atoms. The Morgan fingerprint density at radius 1 is 1.40 bits per heavy atom. The van der Waals surface area contributed by atoms with Crippen LogP contribution < -0.4 is 5.32 Å². The van der Waals surface area contributed by atoms with Gasteiger partial charge >= 0.3 is 0 Å². The fourth-order valence-electron chi connectivity index (χ4n) is 0.991. The van der Waals surface area contributed by atoms with Crippen molar-refractivity contribution < 1.29 is 4.79 Å². The van der Waals surface area contributed by atoms with E-state index in [9.17, 15) is 4.79 Å². The first-order valence-corrected chi connectivity index (χ1v) is 5.69. The molecule has 78 valence electrons. The highest BCUT2D eigenvalue weighted by Gasteiger charge is 2.00. The van der Waals surface area contributed by atoms with E-state index in [0.29, 0.717) is 18.7 Å². The number of terminal acetylenes is 1. The smallest absolute Gasteiger partial charge is 0.230 e. The van der Waals surface area contributed by atoms with Gasteiger partial charge in [0, 0.05) is 17.9 Å². The summed E-state index contributed by atoms with van der Waals surface area (Å²) >= 11 is 1.52. The molecule has 1 N–H and O–H groups in total. The highest BCUT2D eigenvalue weighted by molar-refractivity contribution is 8.00. The molecule has 0 radical (unpaired) electrons. The van der Waals surface area contributed by atoms with Crippen molar-refractivity contribution in [3.05, 3.63) is 30.3 Å². The van der Waals surface area contributed by atoms with Gasteiger partial charge in [0.05, 0.1) is 5.75 Å². The van der Waals surface area contributed by atoms with E-state index in [4.69, 9.17) is 6.42 Å². The molecule has 0 saturated carbocycles. The highest BCUT2D eigenvalue weighted by atomic mass is 32.2. The van der Waals surface area contributed by atoms with Gasteiger partial charge in [-0.2, -0.15) is 0 Å². The number of amides is 1. The minimum Gasteiger partial charge on any atom is -0.354 e. The number of hydrogen-bond donors (Lipinski definition) is 1. The van der Waals surface area contributed by atoms with E-state index in [1.165, 1.54) is 11.8 Å². The average Bonchev–Trinajstić information content (AvgIpc) is 2.28. The van der Waals surface area contributed by atoms with Crippen LogP contribution in [0.15, 0.2) is 35.2 Å². The van der Waals surface area contributed by atoms with Gasteiger partial charge < -0.3 is 5.32 Å². The molecule has 0 aliphatic heterocycles. The van der Waals surface area contributed by atoms with Crippen molar-refractivity contribution in [1.29, 1.82) is 0 Å². The van der Waals surface area contributed by atoms with Crippen molar-refractivity contribution >= 4 is 17.7 Å². The Bertz CT molecular complexity index is 342. The fourth-order valence-corrected chi connectivity index (χ4v) is 1.74. The lowest BCUT2D eigenvalue weighted by molar-refractivity contribution is -0.118. The topological polar surface area (TPSA) is 29.1 Å². The van der Waals surface area contributed by atoms with Gasteiger partial charge in [0.1, 0.15) is 0 Å². The van der Waals surface area contributed by atoms with E-state index < -0.39 is 0 Å². The summed E-state index contributed by atoms with van der Waals surface area (Å²) in [6, 6.07) is 9.84. The molecule has 0 aromatic heterocycles. The molecule has 0 saturated heterocycles. The van der Waals surface area contributed by atoms with Crippen LogP contribution in [0.25, 0.3) is 0 Å². The largest absolute Gasteiger partial charge is 0.354 e. The van der Waals surface area contributed by atoms with Crippen LogP contribution in [0.3, 0.4) is 0 Å². The van der Waals surface area contributed by atoms with Crippen LogP contribution in [0.5, 0.6) is 0 Å². The Morgan fingerprint density at radius 2 is 2.13 bits per heavy atom. The van der Waals surface area contributed by atoms with E-state index in [1.54, 1.807) is 0 Å². The molecule has 0 unspecified atom stereocenters. The summed E-state index contributed by atoms with van der Waals surface area (Å²) in [7, 11) is 0. The van der Waals surface area contributed by atoms with Crippen LogP contribution in [0, 0.1) is 12.3 Å². The molecule has 0 atom stereocenters. The Balaban J connectivity index is 2.20. The second-order valence-corrected chi connectivity index (χ2v) is 3.95. The summed E-state index contributed by atoms with van der Waals surface area (Å²) in [4.78, 5) is 12.4. The summed E-state index contributed by atoms with van der Waals surface area (Å²) in [6.45, 7) is 0.560. The zero-order chi connectivity index (χ0) is 10.9. The fraction of sp³-hybridized carbons (Fsp3) is 0.250. The maximum atomic E-state index is 11.3. The molecular weight excluding hydrogens is 206 g/mol. The van der Waals surface area contributed by atoms with Crippen molar-refractivity contribution in [2.45, 2.75) is 11.3 Å². The Kier molecular flexibility index (Phi) is 5.42. The minimum absolute atomic E-state index is 0.0269. The van der Waals surface area contributed by atoms with Crippen molar-refractivity contribution in [1.82, 2.24) is 5.32 Å². The predicted octanol–water partition coefficient (Wildman–Crippen LogP) is 1.92. The highest BCUT2D eigenvalue weighted by Crippen LogP contribution is 2.15. The average molecular weight is 219 g/mol. The van der Waals surface area contributed by atoms with E-state index >= 15 is 0 Å². The number of thioether (sulfide) groups is 1. The summed E-state index contributed by atoms with van der Waals surface area (Å²) < 4.78 is 0. The lowest BCUT2D eigenvalue weighted by atomic mass is 10.4. The molecule has 15 heavy (non-hydrogen) atoms. The molecule has 1 aromatic rings. The third-order valence-corrected chi connectivity index (χ3v) is 2.72. The molecule has 0 heterocycles. The van der Waals surface area contributed by atoms with Gasteiger partial charge in [-0.3, -0.25) is 4.79 Å². The second kappa shape index (κ2) is 6.97. The lowest BCUT2D eigenvalue weighted by Crippen LogP contribution is -2.25. The Morgan fingerprint density at radius 3 is 2.80 bits per heavy atom. The van der Waals surface area contributed by atoms with E-state index in [2.05, 4.69) is 11.2 Å². The van der Waals surface area contributed by atoms with Gasteiger partial charge in [-0.25, -0.2) is 0 Å². The quantitative estimate of drug-likeness (QED) is 0.466. The van der Waals surface area contributed by atoms with Gasteiger partial charge in [-0.15, -0.1) is 24.1 Å². The number of carbonyl (C=O) groups excluding carboxylic acids is 1. The van der Waals surface area contributed by atoms with Gasteiger partial charge in [0.25, 0.3) is 0 Å². The van der Waals surface area contributed by atoms with Gasteiger partial charge in [0.15, 0.2) is 0 Å². The third kappa shape index (κ3) is 5.14. The number of hydrogen-bond acceptors (Lipinski definition) is 2. The summed E-state index contributed by atoms with van der Waals surface area (Å²) in [6.07, 6.45) is 5.66. The molecule has 1 aromatic carbocycles. The number of rotatable bonds is 5. The molecule has 0 aliphatic carbocycles. The summed E-state index contributed by atoms with van der Waals surface area (Å²) in [5.41, 5.74) is 0. The molecule has 1 rings (SSSR count). The van der Waals surface area contributed by atoms with Crippen molar-refractivity contribution in [3.8, 4) is 12.3 Å². The summed E-state index contributed by atoms with van der Waals surface area (Å²) in [5, 5.41) is 2.75. The Labute approximate surface area is 94.5 Å². The predicted molar refractivity (Wildman–Crippen MR) is 63.6 cm³/mol. The van der Waals surface area contributed by atoms with Gasteiger partial charge in [-0.05, 0) is 12.1 Å². The first kappa shape index (κ1) is 11.7. The molecular formula is C12H13NOS. The van der Waals surface area contributed by atoms with Crippen LogP contribution in [-0.4, -0.2) is 18.2 Å². The molecule has 0 spiro atoms. The van der Waals surface area contributed by atoms with Crippen LogP contribution in [-0.2, 0) is 4.79 Å². The third-order valence-electron chi connectivity index (χ3n) is 1.70. The molecule has 2 nitrogen and oxygen atoms in total. The number of benzene rings is 1. The van der Waals surface area contributed by atoms with Crippen LogP contribution >= 0.6 is 11.8 Å². The zero-order valence-electron chi connectivity index (χ0n) is 8.40. The van der Waals surface area contributed by atoms with Crippen molar-refractivity contribution in [2.75, 3.05) is 12.3 Å². The molecule has 0 aliphatic rings. The lowest BCUT2D eigenvalue weighted by Gasteiger charge is -2.02. The maximum absolute atomic E-state index is 11.3. The number of nitrogens with one attached hydrogen (secondary N) is 1. The summed E-state index contributed by atoms with van der Waals surface area (Å²) in [5.74, 6) is 2.94. The van der Waals surface area contributed by atoms with Gasteiger partial charge in [-0.1, -0.05) is 18.2 Å². The van der Waals surface area contributed by atoms with Crippen molar-refractivity contribution in [3.63, 3.8) is 0 Å². The maximum Gasteiger partial charge on any atom is 0.230 e.